The number of carbonyl (C=O) groups excluding carboxylic acids is 3. The summed E-state index contributed by atoms with van der Waals surface area (Å²) in [5, 5.41) is 0. The van der Waals surface area contributed by atoms with E-state index >= 15 is 0 Å². The van der Waals surface area contributed by atoms with E-state index in [1.54, 1.807) is 0 Å². The van der Waals surface area contributed by atoms with E-state index < -0.39 is 6.10 Å². The molecule has 6 nitrogen and oxygen atoms in total. The zero-order chi connectivity index (χ0) is 54.3. The molecule has 6 heteroatoms. The van der Waals surface area contributed by atoms with Crippen molar-refractivity contribution in [2.45, 2.75) is 348 Å². The number of rotatable bonds is 60. The minimum atomic E-state index is -0.776. The lowest BCUT2D eigenvalue weighted by Gasteiger charge is -2.18. The Morgan fingerprint density at radius 1 is 0.280 bits per heavy atom. The summed E-state index contributed by atoms with van der Waals surface area (Å²) >= 11 is 0. The molecule has 0 rings (SSSR count). The first kappa shape index (κ1) is 72.1. The molecule has 0 amide bonds. The molecule has 436 valence electrons. The number of hydrogen-bond acceptors (Lipinski definition) is 6. The smallest absolute Gasteiger partial charge is 0.306 e. The van der Waals surface area contributed by atoms with Crippen LogP contribution in [0.4, 0.5) is 0 Å². The normalized spacial score (nSPS) is 12.4. The fourth-order valence-corrected chi connectivity index (χ4v) is 9.61. The molecule has 0 N–H and O–H groups in total. The van der Waals surface area contributed by atoms with Crippen LogP contribution < -0.4 is 0 Å². The predicted octanol–water partition coefficient (Wildman–Crippen LogP) is 22.3. The Labute approximate surface area is 466 Å². The van der Waals surface area contributed by atoms with Crippen LogP contribution in [0.25, 0.3) is 0 Å². The monoisotopic (exact) mass is 1050 g/mol. The number of carbonyl (C=O) groups is 3. The van der Waals surface area contributed by atoms with Gasteiger partial charge in [-0.1, -0.05) is 300 Å². The largest absolute Gasteiger partial charge is 0.462 e. The fraction of sp³-hybridized carbons (Fsp3) is 0.812. The number of hydrogen-bond donors (Lipinski definition) is 0. The maximum Gasteiger partial charge on any atom is 0.306 e. The summed E-state index contributed by atoms with van der Waals surface area (Å²) in [6.45, 7) is 6.53. The summed E-state index contributed by atoms with van der Waals surface area (Å²) in [5.41, 5.74) is 0. The number of allylic oxidation sites excluding steroid dienone is 10. The number of ether oxygens (including phenoxy) is 3. The van der Waals surface area contributed by atoms with Crippen molar-refractivity contribution in [3.63, 3.8) is 0 Å². The molecular weight excluding hydrogens is 925 g/mol. The molecule has 0 aromatic heterocycles. The summed E-state index contributed by atoms with van der Waals surface area (Å²) in [6, 6.07) is 0. The van der Waals surface area contributed by atoms with Gasteiger partial charge in [0.25, 0.3) is 0 Å². The molecule has 0 aliphatic heterocycles. The van der Waals surface area contributed by atoms with Crippen LogP contribution in [0.2, 0.25) is 0 Å². The topological polar surface area (TPSA) is 78.9 Å². The van der Waals surface area contributed by atoms with Gasteiger partial charge in [0.1, 0.15) is 13.2 Å². The lowest BCUT2D eigenvalue weighted by Crippen LogP contribution is -2.30. The first-order valence-corrected chi connectivity index (χ1v) is 32.8. The average molecular weight is 1050 g/mol. The quantitative estimate of drug-likeness (QED) is 0.0261. The standard InChI is InChI=1S/C69H124O6/c1-4-7-10-13-16-19-21-23-25-27-28-29-30-31-32-33-34-35-36-37-38-39-40-42-43-45-47-50-53-56-59-62-68(71)74-65-66(64-73-67(70)61-58-55-52-49-18-15-12-9-6-3)75-69(72)63-60-57-54-51-48-46-44-41-26-24-22-20-17-14-11-8-5-2/h8,11,17,20-21,23-24,26-28,66H,4-7,9-10,12-16,18-19,22,25,29-65H2,1-3H3/b11-8-,20-17-,23-21-,26-24-,28-27-. The van der Waals surface area contributed by atoms with E-state index in [1.165, 1.54) is 212 Å². The molecule has 1 unspecified atom stereocenters. The predicted molar refractivity (Wildman–Crippen MR) is 325 cm³/mol. The number of unbranched alkanes of at least 4 members (excludes halogenated alkanes) is 39. The van der Waals surface area contributed by atoms with Crippen LogP contribution in [0.1, 0.15) is 342 Å². The highest BCUT2D eigenvalue weighted by Gasteiger charge is 2.19. The van der Waals surface area contributed by atoms with Gasteiger partial charge >= 0.3 is 17.9 Å². The van der Waals surface area contributed by atoms with Gasteiger partial charge in [-0.2, -0.15) is 0 Å². The molecule has 0 bridgehead atoms. The van der Waals surface area contributed by atoms with Gasteiger partial charge in [0, 0.05) is 19.3 Å². The van der Waals surface area contributed by atoms with Crippen molar-refractivity contribution in [1.29, 1.82) is 0 Å². The maximum atomic E-state index is 12.9. The van der Waals surface area contributed by atoms with Crippen molar-refractivity contribution in [2.75, 3.05) is 13.2 Å². The van der Waals surface area contributed by atoms with Gasteiger partial charge in [0.2, 0.25) is 0 Å². The van der Waals surface area contributed by atoms with Gasteiger partial charge in [-0.3, -0.25) is 14.4 Å². The fourth-order valence-electron chi connectivity index (χ4n) is 9.61. The Balaban J connectivity index is 4.08. The van der Waals surface area contributed by atoms with Crippen molar-refractivity contribution in [1.82, 2.24) is 0 Å². The van der Waals surface area contributed by atoms with Gasteiger partial charge in [0.05, 0.1) is 0 Å². The van der Waals surface area contributed by atoms with Crippen LogP contribution in [-0.4, -0.2) is 37.2 Å². The lowest BCUT2D eigenvalue weighted by atomic mass is 10.0. The summed E-state index contributed by atoms with van der Waals surface area (Å²) in [4.78, 5) is 38.2. The molecule has 0 heterocycles. The lowest BCUT2D eigenvalue weighted by molar-refractivity contribution is -0.167. The van der Waals surface area contributed by atoms with Gasteiger partial charge in [-0.15, -0.1) is 0 Å². The van der Waals surface area contributed by atoms with Crippen molar-refractivity contribution >= 4 is 17.9 Å². The molecule has 0 saturated carbocycles. The van der Waals surface area contributed by atoms with Crippen LogP contribution in [0.15, 0.2) is 60.8 Å². The SMILES string of the molecule is CC/C=C\C/C=C\C/C=C\CCCCCCCCCC(=O)OC(COC(=O)CCCCCCCCCCC)COC(=O)CCCCCCCCCCCCCCCCCCCCC/C=C\C/C=C\CCCCCCC. The molecule has 1 atom stereocenters. The molecule has 75 heavy (non-hydrogen) atoms. The van der Waals surface area contributed by atoms with Crippen LogP contribution >= 0.6 is 0 Å². The van der Waals surface area contributed by atoms with E-state index in [2.05, 4.69) is 81.5 Å². The Morgan fingerprint density at radius 3 is 0.813 bits per heavy atom. The Kier molecular flexibility index (Phi) is 61.2. The third-order valence-corrected chi connectivity index (χ3v) is 14.5. The Morgan fingerprint density at radius 2 is 0.520 bits per heavy atom. The molecule has 0 saturated heterocycles. The first-order valence-electron chi connectivity index (χ1n) is 32.8. The van der Waals surface area contributed by atoms with E-state index in [-0.39, 0.29) is 31.1 Å². The third kappa shape index (κ3) is 61.8. The van der Waals surface area contributed by atoms with Crippen LogP contribution in [0.3, 0.4) is 0 Å². The van der Waals surface area contributed by atoms with Crippen molar-refractivity contribution < 1.29 is 28.6 Å². The van der Waals surface area contributed by atoms with E-state index in [4.69, 9.17) is 14.2 Å². The van der Waals surface area contributed by atoms with E-state index in [0.717, 1.165) is 89.9 Å². The van der Waals surface area contributed by atoms with Gasteiger partial charge in [0.15, 0.2) is 6.10 Å². The van der Waals surface area contributed by atoms with Gasteiger partial charge in [-0.05, 0) is 83.5 Å². The van der Waals surface area contributed by atoms with E-state index in [9.17, 15) is 14.4 Å². The highest BCUT2D eigenvalue weighted by molar-refractivity contribution is 5.71. The average Bonchev–Trinajstić information content (AvgIpc) is 3.41. The van der Waals surface area contributed by atoms with Crippen molar-refractivity contribution in [3.8, 4) is 0 Å². The van der Waals surface area contributed by atoms with Crippen LogP contribution in [-0.2, 0) is 28.6 Å². The maximum absolute atomic E-state index is 12.9. The molecule has 0 aliphatic rings. The highest BCUT2D eigenvalue weighted by Crippen LogP contribution is 2.17. The molecule has 0 aromatic carbocycles. The van der Waals surface area contributed by atoms with Crippen molar-refractivity contribution in [2.24, 2.45) is 0 Å². The molecule has 0 aliphatic carbocycles. The van der Waals surface area contributed by atoms with Gasteiger partial charge in [-0.25, -0.2) is 0 Å². The van der Waals surface area contributed by atoms with Crippen molar-refractivity contribution in [3.05, 3.63) is 60.8 Å². The number of esters is 3. The minimum Gasteiger partial charge on any atom is -0.462 e. The zero-order valence-electron chi connectivity index (χ0n) is 50.1. The molecule has 0 radical (unpaired) electrons. The second kappa shape index (κ2) is 63.6. The third-order valence-electron chi connectivity index (χ3n) is 14.5. The van der Waals surface area contributed by atoms with Crippen LogP contribution in [0.5, 0.6) is 0 Å². The first-order chi connectivity index (χ1) is 37.0. The second-order valence-electron chi connectivity index (χ2n) is 22.0. The Bertz CT molecular complexity index is 1340. The minimum absolute atomic E-state index is 0.0742. The zero-order valence-corrected chi connectivity index (χ0v) is 50.1. The van der Waals surface area contributed by atoms with Crippen LogP contribution in [0, 0.1) is 0 Å². The molecule has 0 fully saturated rings. The summed E-state index contributed by atoms with van der Waals surface area (Å²) in [6.07, 6.45) is 81.1. The van der Waals surface area contributed by atoms with E-state index in [0.29, 0.717) is 19.3 Å². The molecule has 0 aromatic rings. The summed E-state index contributed by atoms with van der Waals surface area (Å²) < 4.78 is 16.9. The molecule has 0 spiro atoms. The summed E-state index contributed by atoms with van der Waals surface area (Å²) in [5.74, 6) is -0.870. The highest BCUT2D eigenvalue weighted by atomic mass is 16.6. The van der Waals surface area contributed by atoms with E-state index in [1.807, 2.05) is 0 Å². The van der Waals surface area contributed by atoms with Gasteiger partial charge < -0.3 is 14.2 Å². The second-order valence-corrected chi connectivity index (χ2v) is 22.0. The Hall–Kier alpha value is -2.89. The summed E-state index contributed by atoms with van der Waals surface area (Å²) in [7, 11) is 0. The molecular formula is C69H124O6.